The van der Waals surface area contributed by atoms with Gasteiger partial charge < -0.3 is 10.4 Å². The first-order valence-corrected chi connectivity index (χ1v) is 6.39. The average Bonchev–Trinajstić information content (AvgIpc) is 2.44. The minimum Gasteiger partial charge on any atom is -0.386 e. The summed E-state index contributed by atoms with van der Waals surface area (Å²) in [4.78, 5) is 0. The molecule has 0 radical (unpaired) electrons. The molecule has 0 aliphatic carbocycles. The van der Waals surface area contributed by atoms with Crippen LogP contribution in [-0.4, -0.2) is 11.7 Å². The van der Waals surface area contributed by atoms with Crippen molar-refractivity contribution in [3.05, 3.63) is 64.7 Å². The number of nitriles is 1. The van der Waals surface area contributed by atoms with Crippen molar-refractivity contribution in [1.82, 2.24) is 0 Å². The van der Waals surface area contributed by atoms with Crippen LogP contribution in [0, 0.1) is 29.9 Å². The number of anilines is 1. The van der Waals surface area contributed by atoms with E-state index in [-0.39, 0.29) is 12.1 Å². The molecule has 1 unspecified atom stereocenters. The number of hydrogen-bond donors (Lipinski definition) is 2. The van der Waals surface area contributed by atoms with Gasteiger partial charge in [-0.25, -0.2) is 8.78 Å². The largest absolute Gasteiger partial charge is 0.386 e. The van der Waals surface area contributed by atoms with Gasteiger partial charge in [-0.3, -0.25) is 0 Å². The topological polar surface area (TPSA) is 56.0 Å². The summed E-state index contributed by atoms with van der Waals surface area (Å²) in [7, 11) is 0. The van der Waals surface area contributed by atoms with Crippen molar-refractivity contribution in [3.8, 4) is 6.07 Å². The minimum absolute atomic E-state index is 0.00932. The predicted molar refractivity (Wildman–Crippen MR) is 75.7 cm³/mol. The molecule has 0 aromatic heterocycles. The van der Waals surface area contributed by atoms with Crippen LogP contribution in [0.25, 0.3) is 0 Å². The smallest absolute Gasteiger partial charge is 0.131 e. The third kappa shape index (κ3) is 3.36. The number of nitrogens with zero attached hydrogens (tertiary/aromatic N) is 1. The van der Waals surface area contributed by atoms with Gasteiger partial charge >= 0.3 is 0 Å². The van der Waals surface area contributed by atoms with E-state index in [2.05, 4.69) is 11.4 Å². The molecule has 3 nitrogen and oxygen atoms in total. The standard InChI is InChI=1S/C16H14F2N2O/c1-10-3-2-4-15(13(10)8-19)20-9-16(21)12-6-5-11(17)7-14(12)18/h2-7,16,20-21H,9H2,1H3. The van der Waals surface area contributed by atoms with E-state index in [9.17, 15) is 13.9 Å². The molecule has 21 heavy (non-hydrogen) atoms. The lowest BCUT2D eigenvalue weighted by Crippen LogP contribution is -2.14. The van der Waals surface area contributed by atoms with Gasteiger partial charge in [0.2, 0.25) is 0 Å². The summed E-state index contributed by atoms with van der Waals surface area (Å²) >= 11 is 0. The number of halogens is 2. The second kappa shape index (κ2) is 6.33. The van der Waals surface area contributed by atoms with Crippen molar-refractivity contribution in [2.75, 3.05) is 11.9 Å². The van der Waals surface area contributed by atoms with Gasteiger partial charge in [0.1, 0.15) is 17.7 Å². The van der Waals surface area contributed by atoms with Crippen LogP contribution in [0.4, 0.5) is 14.5 Å². The number of benzene rings is 2. The molecule has 0 saturated heterocycles. The maximum absolute atomic E-state index is 13.6. The van der Waals surface area contributed by atoms with Crippen LogP contribution in [0.15, 0.2) is 36.4 Å². The van der Waals surface area contributed by atoms with Gasteiger partial charge in [-0.15, -0.1) is 0 Å². The maximum Gasteiger partial charge on any atom is 0.131 e. The van der Waals surface area contributed by atoms with E-state index in [0.29, 0.717) is 11.3 Å². The van der Waals surface area contributed by atoms with Crippen LogP contribution >= 0.6 is 0 Å². The molecule has 2 N–H and O–H groups in total. The zero-order valence-corrected chi connectivity index (χ0v) is 11.4. The van der Waals surface area contributed by atoms with Crippen molar-refractivity contribution < 1.29 is 13.9 Å². The van der Waals surface area contributed by atoms with Crippen molar-refractivity contribution in [2.24, 2.45) is 0 Å². The van der Waals surface area contributed by atoms with Crippen molar-refractivity contribution in [2.45, 2.75) is 13.0 Å². The summed E-state index contributed by atoms with van der Waals surface area (Å²) in [6, 6.07) is 10.4. The highest BCUT2D eigenvalue weighted by Crippen LogP contribution is 2.22. The predicted octanol–water partition coefficient (Wildman–Crippen LogP) is 3.29. The molecule has 0 aliphatic rings. The zero-order chi connectivity index (χ0) is 15.4. The number of aliphatic hydroxyl groups excluding tert-OH is 1. The van der Waals surface area contributed by atoms with Crippen LogP contribution < -0.4 is 5.32 Å². The fourth-order valence-electron chi connectivity index (χ4n) is 2.05. The SMILES string of the molecule is Cc1cccc(NCC(O)c2ccc(F)cc2F)c1C#N. The summed E-state index contributed by atoms with van der Waals surface area (Å²) in [5.41, 5.74) is 1.86. The second-order valence-electron chi connectivity index (χ2n) is 4.67. The highest BCUT2D eigenvalue weighted by molar-refractivity contribution is 5.60. The molecule has 2 aromatic carbocycles. The van der Waals surface area contributed by atoms with E-state index in [0.717, 1.165) is 17.7 Å². The summed E-state index contributed by atoms with van der Waals surface area (Å²) < 4.78 is 26.4. The lowest BCUT2D eigenvalue weighted by Gasteiger charge is -2.15. The van der Waals surface area contributed by atoms with E-state index in [1.165, 1.54) is 6.07 Å². The first-order chi connectivity index (χ1) is 10.0. The summed E-state index contributed by atoms with van der Waals surface area (Å²) in [5.74, 6) is -1.49. The van der Waals surface area contributed by atoms with Gasteiger partial charge in [0.15, 0.2) is 0 Å². The maximum atomic E-state index is 13.6. The number of hydrogen-bond acceptors (Lipinski definition) is 3. The van der Waals surface area contributed by atoms with Crippen molar-refractivity contribution in [1.29, 1.82) is 5.26 Å². The fraction of sp³-hybridized carbons (Fsp3) is 0.188. The molecule has 2 aromatic rings. The van der Waals surface area contributed by atoms with E-state index in [4.69, 9.17) is 5.26 Å². The van der Waals surface area contributed by atoms with Gasteiger partial charge in [-0.05, 0) is 24.6 Å². The number of rotatable bonds is 4. The Bertz CT molecular complexity index is 695. The zero-order valence-electron chi connectivity index (χ0n) is 11.4. The molecule has 0 fully saturated rings. The molecule has 0 spiro atoms. The quantitative estimate of drug-likeness (QED) is 0.907. The van der Waals surface area contributed by atoms with E-state index < -0.39 is 17.7 Å². The third-order valence-corrected chi connectivity index (χ3v) is 3.19. The Morgan fingerprint density at radius 3 is 2.71 bits per heavy atom. The minimum atomic E-state index is -1.14. The number of nitrogens with one attached hydrogen (secondary N) is 1. The molecule has 0 amide bonds. The van der Waals surface area contributed by atoms with Crippen LogP contribution in [0.3, 0.4) is 0 Å². The summed E-state index contributed by atoms with van der Waals surface area (Å²) in [5, 5.41) is 22.0. The Labute approximate surface area is 121 Å². The molecular formula is C16H14F2N2O. The Balaban J connectivity index is 2.13. The number of aryl methyl sites for hydroxylation is 1. The van der Waals surface area contributed by atoms with Crippen molar-refractivity contribution in [3.63, 3.8) is 0 Å². The molecule has 0 bridgehead atoms. The molecular weight excluding hydrogens is 274 g/mol. The van der Waals surface area contributed by atoms with Gasteiger partial charge in [-0.2, -0.15) is 5.26 Å². The summed E-state index contributed by atoms with van der Waals surface area (Å²) in [6.07, 6.45) is -1.14. The van der Waals surface area contributed by atoms with E-state index in [1.54, 1.807) is 25.1 Å². The Hall–Kier alpha value is -2.45. The lowest BCUT2D eigenvalue weighted by molar-refractivity contribution is 0.186. The number of aliphatic hydroxyl groups is 1. The average molecular weight is 288 g/mol. The molecule has 108 valence electrons. The monoisotopic (exact) mass is 288 g/mol. The molecule has 5 heteroatoms. The van der Waals surface area contributed by atoms with Gasteiger partial charge in [-0.1, -0.05) is 18.2 Å². The normalized spacial score (nSPS) is 11.8. The molecule has 2 rings (SSSR count). The van der Waals surface area contributed by atoms with Crippen LogP contribution in [0.2, 0.25) is 0 Å². The summed E-state index contributed by atoms with van der Waals surface area (Å²) in [6.45, 7) is 1.82. The Kier molecular flexibility index (Phi) is 4.51. The van der Waals surface area contributed by atoms with Gasteiger partial charge in [0.05, 0.1) is 17.4 Å². The molecule has 0 saturated carbocycles. The van der Waals surface area contributed by atoms with E-state index >= 15 is 0 Å². The Morgan fingerprint density at radius 2 is 2.05 bits per heavy atom. The van der Waals surface area contributed by atoms with Crippen LogP contribution in [0.1, 0.15) is 22.8 Å². The van der Waals surface area contributed by atoms with E-state index in [1.807, 2.05) is 0 Å². The highest BCUT2D eigenvalue weighted by atomic mass is 19.1. The lowest BCUT2D eigenvalue weighted by atomic mass is 10.1. The first-order valence-electron chi connectivity index (χ1n) is 6.39. The van der Waals surface area contributed by atoms with Gasteiger partial charge in [0.25, 0.3) is 0 Å². The Morgan fingerprint density at radius 1 is 1.29 bits per heavy atom. The highest BCUT2D eigenvalue weighted by Gasteiger charge is 2.14. The second-order valence-corrected chi connectivity index (χ2v) is 4.67. The first kappa shape index (κ1) is 14.9. The third-order valence-electron chi connectivity index (χ3n) is 3.19. The van der Waals surface area contributed by atoms with Crippen LogP contribution in [0.5, 0.6) is 0 Å². The molecule has 1 atom stereocenters. The molecule has 0 aliphatic heterocycles. The van der Waals surface area contributed by atoms with Crippen LogP contribution in [-0.2, 0) is 0 Å². The van der Waals surface area contributed by atoms with Crippen molar-refractivity contribution >= 4 is 5.69 Å². The fourth-order valence-corrected chi connectivity index (χ4v) is 2.05. The molecule has 0 heterocycles. The van der Waals surface area contributed by atoms with Gasteiger partial charge in [0, 0.05) is 18.2 Å².